The minimum atomic E-state index is 0.263. The summed E-state index contributed by atoms with van der Waals surface area (Å²) in [5.74, 6) is 1.58. The third kappa shape index (κ3) is 8.43. The molecule has 3 aliphatic heterocycles. The number of rotatable bonds is 14. The summed E-state index contributed by atoms with van der Waals surface area (Å²) >= 11 is 12.1. The number of aromatic hydroxyl groups is 1. The van der Waals surface area contributed by atoms with Gasteiger partial charge in [0.2, 0.25) is 0 Å². The summed E-state index contributed by atoms with van der Waals surface area (Å²) in [7, 11) is 0. The van der Waals surface area contributed by atoms with Crippen molar-refractivity contribution in [3.63, 3.8) is 0 Å². The summed E-state index contributed by atoms with van der Waals surface area (Å²) in [6.45, 7) is 15.3. The third-order valence-electron chi connectivity index (χ3n) is 9.70. The lowest BCUT2D eigenvalue weighted by Gasteiger charge is -2.37. The van der Waals surface area contributed by atoms with Crippen molar-refractivity contribution in [3.05, 3.63) is 65.7 Å². The maximum absolute atomic E-state index is 9.98. The van der Waals surface area contributed by atoms with Gasteiger partial charge in [-0.05, 0) is 105 Å². The van der Waals surface area contributed by atoms with Crippen LogP contribution in [0.2, 0.25) is 0 Å². The smallest absolute Gasteiger partial charge is 0.172 e. The number of nitrogens with one attached hydrogen (secondary N) is 1. The fourth-order valence-electron chi connectivity index (χ4n) is 7.54. The van der Waals surface area contributed by atoms with Gasteiger partial charge in [0.25, 0.3) is 0 Å². The lowest BCUT2D eigenvalue weighted by atomic mass is 10.0. The average Bonchev–Trinajstić information content (AvgIpc) is 3.66. The molecule has 0 saturated carbocycles. The van der Waals surface area contributed by atoms with Crippen LogP contribution in [0.3, 0.4) is 0 Å². The Hall–Kier alpha value is -2.42. The van der Waals surface area contributed by atoms with Gasteiger partial charge in [-0.1, -0.05) is 70.2 Å². The van der Waals surface area contributed by atoms with E-state index in [0.717, 1.165) is 68.8 Å². The van der Waals surface area contributed by atoms with Crippen molar-refractivity contribution in [2.75, 3.05) is 39.3 Å². The van der Waals surface area contributed by atoms with E-state index in [1.807, 2.05) is 12.1 Å². The fourth-order valence-corrected chi connectivity index (χ4v) is 8.31. The molecule has 2 aromatic rings. The largest absolute Gasteiger partial charge is 0.508 e. The maximum atomic E-state index is 9.98. The highest BCUT2D eigenvalue weighted by atomic mass is 32.1. The van der Waals surface area contributed by atoms with E-state index < -0.39 is 0 Å². The van der Waals surface area contributed by atoms with Crippen molar-refractivity contribution < 1.29 is 5.11 Å². The minimum absolute atomic E-state index is 0.263. The molecule has 5 rings (SSSR count). The second-order valence-electron chi connectivity index (χ2n) is 14.1. The van der Waals surface area contributed by atoms with Crippen LogP contribution in [0.4, 0.5) is 0 Å². The number of hydrogen-bond donors (Lipinski definition) is 2. The topological polar surface area (TPSA) is 45.2 Å². The lowest BCUT2D eigenvalue weighted by Crippen LogP contribution is -2.51. The average molecular weight is 636 g/mol. The van der Waals surface area contributed by atoms with Crippen LogP contribution in [0.15, 0.2) is 54.6 Å². The molecule has 3 aliphatic rings. The first-order chi connectivity index (χ1) is 21.2. The molecule has 3 saturated heterocycles. The Morgan fingerprint density at radius 1 is 0.864 bits per heavy atom. The van der Waals surface area contributed by atoms with Gasteiger partial charge in [0.1, 0.15) is 5.75 Å². The highest BCUT2D eigenvalue weighted by Crippen LogP contribution is 2.29. The fraction of sp³-hybridized carbons (Fsp3) is 0.611. The van der Waals surface area contributed by atoms with E-state index in [2.05, 4.69) is 95.1 Å². The van der Waals surface area contributed by atoms with Gasteiger partial charge in [-0.15, -0.1) is 0 Å². The van der Waals surface area contributed by atoms with E-state index in [4.69, 9.17) is 24.4 Å². The van der Waals surface area contributed by atoms with Crippen LogP contribution in [-0.4, -0.2) is 98.4 Å². The molecule has 0 aliphatic carbocycles. The van der Waals surface area contributed by atoms with Crippen LogP contribution >= 0.6 is 24.4 Å². The predicted octanol–water partition coefficient (Wildman–Crippen LogP) is 5.93. The Bertz CT molecular complexity index is 1220. The first-order valence-electron chi connectivity index (χ1n) is 16.9. The number of likely N-dealkylation sites (tertiary alicyclic amines) is 1. The zero-order chi connectivity index (χ0) is 31.2. The van der Waals surface area contributed by atoms with Gasteiger partial charge in [0, 0.05) is 56.9 Å². The van der Waals surface area contributed by atoms with E-state index >= 15 is 0 Å². The molecule has 4 atom stereocenters. The normalized spacial score (nSPS) is 23.4. The van der Waals surface area contributed by atoms with Crippen LogP contribution < -0.4 is 5.32 Å². The third-order valence-corrected chi connectivity index (χ3v) is 10.5. The first kappa shape index (κ1) is 33.0. The van der Waals surface area contributed by atoms with Crippen molar-refractivity contribution in [1.82, 2.24) is 24.9 Å². The number of phenols is 1. The van der Waals surface area contributed by atoms with Gasteiger partial charge in [-0.2, -0.15) is 0 Å². The van der Waals surface area contributed by atoms with Gasteiger partial charge in [-0.3, -0.25) is 4.90 Å². The highest BCUT2D eigenvalue weighted by molar-refractivity contribution is 7.80. The van der Waals surface area contributed by atoms with Gasteiger partial charge >= 0.3 is 0 Å². The summed E-state index contributed by atoms with van der Waals surface area (Å²) < 4.78 is 0. The molecule has 0 radical (unpaired) electrons. The molecule has 0 bridgehead atoms. The number of hydrogen-bond acceptors (Lipinski definition) is 4. The Morgan fingerprint density at radius 3 is 2.27 bits per heavy atom. The summed E-state index contributed by atoms with van der Waals surface area (Å²) in [5.41, 5.74) is 2.61. The summed E-state index contributed by atoms with van der Waals surface area (Å²) in [5, 5.41) is 15.4. The van der Waals surface area contributed by atoms with Gasteiger partial charge in [-0.25, -0.2) is 0 Å². The second-order valence-corrected chi connectivity index (χ2v) is 14.8. The molecule has 2 aromatic carbocycles. The Morgan fingerprint density at radius 2 is 1.57 bits per heavy atom. The summed E-state index contributed by atoms with van der Waals surface area (Å²) in [6, 6.07) is 20.2. The molecular weight excluding hydrogens is 583 g/mol. The van der Waals surface area contributed by atoms with Gasteiger partial charge in [0.05, 0.1) is 0 Å². The molecule has 0 spiro atoms. The molecule has 44 heavy (non-hydrogen) atoms. The molecule has 0 unspecified atom stereocenters. The highest BCUT2D eigenvalue weighted by Gasteiger charge is 2.40. The molecule has 240 valence electrons. The zero-order valence-corrected chi connectivity index (χ0v) is 28.8. The molecule has 2 N–H and O–H groups in total. The van der Waals surface area contributed by atoms with Crippen LogP contribution in [0, 0.1) is 11.8 Å². The van der Waals surface area contributed by atoms with Gasteiger partial charge < -0.3 is 25.1 Å². The number of nitrogens with zero attached hydrogens (tertiary/aromatic N) is 4. The maximum Gasteiger partial charge on any atom is 0.172 e. The molecular formula is C36H53N5OS2. The number of benzene rings is 2. The van der Waals surface area contributed by atoms with Crippen molar-refractivity contribution in [2.45, 2.75) is 90.4 Å². The quantitative estimate of drug-likeness (QED) is 0.248. The SMILES string of the molecule is CC(C)C[C@H]1CNC(=S)N1C[C@H]1CCCN1C[C@H](Cc1ccc(O)cc1)N1C[C@H](CC(C)C)N(CCc2ccccc2)C1=S. The van der Waals surface area contributed by atoms with Crippen molar-refractivity contribution in [2.24, 2.45) is 11.8 Å². The van der Waals surface area contributed by atoms with Crippen molar-refractivity contribution >= 4 is 34.7 Å². The second kappa shape index (κ2) is 15.2. The molecule has 8 heteroatoms. The van der Waals surface area contributed by atoms with Gasteiger partial charge in [0.15, 0.2) is 10.2 Å². The summed E-state index contributed by atoms with van der Waals surface area (Å²) in [4.78, 5) is 10.3. The Balaban J connectivity index is 1.35. The molecule has 3 fully saturated rings. The molecule has 0 aromatic heterocycles. The van der Waals surface area contributed by atoms with E-state index in [-0.39, 0.29) is 6.04 Å². The van der Waals surface area contributed by atoms with Crippen LogP contribution in [0.25, 0.3) is 0 Å². The standard InChI is InChI=1S/C36H53N5OS2/c1-26(2)19-31-22-37-35(43)40(31)24-30-11-8-17-38(30)23-33(21-29-12-14-34(42)15-13-29)41-25-32(20-27(3)4)39(36(41)44)18-16-28-9-6-5-7-10-28/h5-7,9-10,12-15,26-27,30-33,42H,8,11,16-25H2,1-4H3,(H,37,43)/t30-,31+,32+,33+/m1/s1. The summed E-state index contributed by atoms with van der Waals surface area (Å²) in [6.07, 6.45) is 6.65. The minimum Gasteiger partial charge on any atom is -0.508 e. The lowest BCUT2D eigenvalue weighted by molar-refractivity contribution is 0.156. The molecule has 0 amide bonds. The van der Waals surface area contributed by atoms with Crippen molar-refractivity contribution in [3.8, 4) is 5.75 Å². The van der Waals surface area contributed by atoms with Crippen LogP contribution in [0.1, 0.15) is 64.5 Å². The van der Waals surface area contributed by atoms with E-state index in [9.17, 15) is 5.11 Å². The predicted molar refractivity (Wildman–Crippen MR) is 190 cm³/mol. The Labute approximate surface area is 276 Å². The van der Waals surface area contributed by atoms with Crippen molar-refractivity contribution in [1.29, 1.82) is 0 Å². The van der Waals surface area contributed by atoms with E-state index in [1.54, 1.807) is 0 Å². The van der Waals surface area contributed by atoms with E-state index in [1.165, 1.54) is 30.4 Å². The number of thiocarbonyl (C=S) groups is 2. The van der Waals surface area contributed by atoms with Crippen LogP contribution in [-0.2, 0) is 12.8 Å². The van der Waals surface area contributed by atoms with Crippen LogP contribution in [0.5, 0.6) is 5.75 Å². The van der Waals surface area contributed by atoms with E-state index in [0.29, 0.717) is 35.7 Å². The first-order valence-corrected chi connectivity index (χ1v) is 17.7. The zero-order valence-electron chi connectivity index (χ0n) is 27.2. The monoisotopic (exact) mass is 635 g/mol. The molecule has 6 nitrogen and oxygen atoms in total. The molecule has 3 heterocycles. The Kier molecular flexibility index (Phi) is 11.4. The number of phenolic OH excluding ortho intramolecular Hbond substituents is 1.